The molecular weight excluding hydrogens is 569 g/mol. The van der Waals surface area contributed by atoms with Gasteiger partial charge < -0.3 is 10.2 Å². The molecule has 1 atom stereocenters. The van der Waals surface area contributed by atoms with Crippen LogP contribution < -0.4 is 9.62 Å². The SMILES string of the molecule is CCCCNC(=O)[C@H](CC)N(Cc1ccccc1Cl)C(=O)CN(c1cccc(Cl)c1)S(=O)(=O)c1ccc(C)cc1. The fourth-order valence-electron chi connectivity index (χ4n) is 4.23. The number of benzene rings is 3. The molecule has 2 amide bonds. The quantitative estimate of drug-likeness (QED) is 0.235. The molecule has 0 spiro atoms. The standard InChI is InChI=1S/C30H35Cl2N3O4S/c1-4-6-18-33-30(37)28(5-2)34(20-23-10-7-8-13-27(23)32)29(36)21-35(25-12-9-11-24(31)19-25)40(38,39)26-16-14-22(3)15-17-26/h7-17,19,28H,4-6,18,20-21H2,1-3H3,(H,33,37)/t28-/m0/s1. The van der Waals surface area contributed by atoms with Crippen LogP contribution in [0.2, 0.25) is 10.0 Å². The molecule has 0 bridgehead atoms. The molecule has 3 rings (SSSR count). The summed E-state index contributed by atoms with van der Waals surface area (Å²) in [5, 5.41) is 3.68. The van der Waals surface area contributed by atoms with E-state index in [0.29, 0.717) is 28.6 Å². The number of anilines is 1. The van der Waals surface area contributed by atoms with E-state index in [-0.39, 0.29) is 23.0 Å². The third kappa shape index (κ3) is 7.99. The Labute approximate surface area is 247 Å². The van der Waals surface area contributed by atoms with E-state index in [2.05, 4.69) is 5.32 Å². The average Bonchev–Trinajstić information content (AvgIpc) is 2.92. The van der Waals surface area contributed by atoms with Crippen molar-refractivity contribution in [3.8, 4) is 0 Å². The molecule has 0 radical (unpaired) electrons. The molecule has 0 aliphatic heterocycles. The predicted molar refractivity (Wildman–Crippen MR) is 161 cm³/mol. The van der Waals surface area contributed by atoms with Gasteiger partial charge in [0.1, 0.15) is 12.6 Å². The van der Waals surface area contributed by atoms with Crippen LogP contribution in [-0.4, -0.2) is 44.3 Å². The van der Waals surface area contributed by atoms with Crippen LogP contribution in [0.3, 0.4) is 0 Å². The van der Waals surface area contributed by atoms with E-state index in [1.54, 1.807) is 54.6 Å². The number of aryl methyl sites for hydroxylation is 1. The van der Waals surface area contributed by atoms with Crippen LogP contribution in [0.15, 0.2) is 77.7 Å². The highest BCUT2D eigenvalue weighted by Crippen LogP contribution is 2.27. The molecule has 7 nitrogen and oxygen atoms in total. The Morgan fingerprint density at radius 1 is 0.950 bits per heavy atom. The smallest absolute Gasteiger partial charge is 0.264 e. The first kappa shape index (κ1) is 31.5. The van der Waals surface area contributed by atoms with Crippen molar-refractivity contribution in [2.45, 2.75) is 57.5 Å². The third-order valence-corrected chi connectivity index (χ3v) is 8.89. The topological polar surface area (TPSA) is 86.8 Å². The number of amides is 2. The molecule has 214 valence electrons. The fourth-order valence-corrected chi connectivity index (χ4v) is 6.02. The number of halogens is 2. The van der Waals surface area contributed by atoms with Crippen molar-refractivity contribution >= 4 is 50.7 Å². The highest BCUT2D eigenvalue weighted by Gasteiger charge is 2.34. The largest absolute Gasteiger partial charge is 0.354 e. The summed E-state index contributed by atoms with van der Waals surface area (Å²) < 4.78 is 28.8. The Bertz CT molecular complexity index is 1410. The van der Waals surface area contributed by atoms with Crippen molar-refractivity contribution < 1.29 is 18.0 Å². The zero-order valence-electron chi connectivity index (χ0n) is 22.9. The van der Waals surface area contributed by atoms with Crippen LogP contribution in [0.25, 0.3) is 0 Å². The lowest BCUT2D eigenvalue weighted by molar-refractivity contribution is -0.140. The molecule has 0 heterocycles. The summed E-state index contributed by atoms with van der Waals surface area (Å²) in [6.07, 6.45) is 2.04. The first-order chi connectivity index (χ1) is 19.1. The van der Waals surface area contributed by atoms with Gasteiger partial charge in [0.15, 0.2) is 0 Å². The second-order valence-electron chi connectivity index (χ2n) is 9.49. The molecule has 0 fully saturated rings. The molecule has 3 aromatic carbocycles. The number of carbonyl (C=O) groups excluding carboxylic acids is 2. The van der Waals surface area contributed by atoms with E-state index in [1.165, 1.54) is 23.1 Å². The van der Waals surface area contributed by atoms with Crippen LogP contribution in [0.5, 0.6) is 0 Å². The average molecular weight is 605 g/mol. The molecule has 10 heteroatoms. The van der Waals surface area contributed by atoms with Gasteiger partial charge in [0, 0.05) is 23.1 Å². The number of rotatable bonds is 13. The number of hydrogen-bond acceptors (Lipinski definition) is 4. The number of carbonyl (C=O) groups is 2. The van der Waals surface area contributed by atoms with Crippen LogP contribution in [0.1, 0.15) is 44.2 Å². The zero-order valence-corrected chi connectivity index (χ0v) is 25.3. The minimum absolute atomic E-state index is 0.0339. The van der Waals surface area contributed by atoms with Crippen LogP contribution in [0.4, 0.5) is 5.69 Å². The Kier molecular flexibility index (Phi) is 11.4. The van der Waals surface area contributed by atoms with Crippen LogP contribution in [0, 0.1) is 6.92 Å². The maximum absolute atomic E-state index is 14.1. The lowest BCUT2D eigenvalue weighted by atomic mass is 10.1. The molecule has 0 unspecified atom stereocenters. The fraction of sp³-hybridized carbons (Fsp3) is 0.333. The minimum Gasteiger partial charge on any atom is -0.354 e. The monoisotopic (exact) mass is 603 g/mol. The molecule has 0 aliphatic carbocycles. The van der Waals surface area contributed by atoms with Crippen molar-refractivity contribution in [1.82, 2.24) is 10.2 Å². The first-order valence-electron chi connectivity index (χ1n) is 13.2. The van der Waals surface area contributed by atoms with Crippen molar-refractivity contribution in [2.75, 3.05) is 17.4 Å². The van der Waals surface area contributed by atoms with Gasteiger partial charge in [-0.1, -0.05) is 85.4 Å². The van der Waals surface area contributed by atoms with Crippen molar-refractivity contribution in [1.29, 1.82) is 0 Å². The van der Waals surface area contributed by atoms with Crippen molar-refractivity contribution in [3.63, 3.8) is 0 Å². The summed E-state index contributed by atoms with van der Waals surface area (Å²) in [5.74, 6) is -0.847. The van der Waals surface area contributed by atoms with Gasteiger partial charge >= 0.3 is 0 Å². The van der Waals surface area contributed by atoms with Crippen LogP contribution in [-0.2, 0) is 26.2 Å². The summed E-state index contributed by atoms with van der Waals surface area (Å²) in [5.41, 5.74) is 1.78. The van der Waals surface area contributed by atoms with Gasteiger partial charge in [-0.2, -0.15) is 0 Å². The van der Waals surface area contributed by atoms with E-state index in [9.17, 15) is 18.0 Å². The number of sulfonamides is 1. The number of nitrogens with one attached hydrogen (secondary N) is 1. The van der Waals surface area contributed by atoms with Gasteiger partial charge in [-0.3, -0.25) is 13.9 Å². The maximum atomic E-state index is 14.1. The van der Waals surface area contributed by atoms with E-state index in [1.807, 2.05) is 20.8 Å². The Morgan fingerprint density at radius 3 is 2.27 bits per heavy atom. The summed E-state index contributed by atoms with van der Waals surface area (Å²) in [7, 11) is -4.17. The number of hydrogen-bond donors (Lipinski definition) is 1. The molecule has 1 N–H and O–H groups in total. The molecule has 0 aliphatic rings. The van der Waals surface area contributed by atoms with Crippen molar-refractivity contribution in [3.05, 3.63) is 94.0 Å². The highest BCUT2D eigenvalue weighted by atomic mass is 35.5. The normalized spacial score (nSPS) is 12.0. The first-order valence-corrected chi connectivity index (χ1v) is 15.4. The Hall–Kier alpha value is -3.07. The molecule has 0 aromatic heterocycles. The van der Waals surface area contributed by atoms with Crippen molar-refractivity contribution in [2.24, 2.45) is 0 Å². The molecule has 3 aromatic rings. The van der Waals surface area contributed by atoms with Crippen LogP contribution >= 0.6 is 23.2 Å². The second-order valence-corrected chi connectivity index (χ2v) is 12.2. The summed E-state index contributed by atoms with van der Waals surface area (Å²) in [4.78, 5) is 28.7. The maximum Gasteiger partial charge on any atom is 0.264 e. The summed E-state index contributed by atoms with van der Waals surface area (Å²) in [6.45, 7) is 5.67. The van der Waals surface area contributed by atoms with Gasteiger partial charge in [0.05, 0.1) is 10.6 Å². The lowest BCUT2D eigenvalue weighted by Crippen LogP contribution is -2.52. The number of nitrogens with zero attached hydrogens (tertiary/aromatic N) is 2. The summed E-state index contributed by atoms with van der Waals surface area (Å²) in [6, 6.07) is 19.0. The van der Waals surface area contributed by atoms with E-state index < -0.39 is 28.5 Å². The molecule has 0 saturated carbocycles. The van der Waals surface area contributed by atoms with Gasteiger partial charge in [0.2, 0.25) is 11.8 Å². The third-order valence-electron chi connectivity index (χ3n) is 6.50. The molecule has 0 saturated heterocycles. The number of unbranched alkanes of at least 4 members (excludes halogenated alkanes) is 1. The van der Waals surface area contributed by atoms with E-state index in [4.69, 9.17) is 23.2 Å². The van der Waals surface area contributed by atoms with E-state index >= 15 is 0 Å². The highest BCUT2D eigenvalue weighted by molar-refractivity contribution is 7.92. The minimum atomic E-state index is -4.17. The Morgan fingerprint density at radius 2 is 1.65 bits per heavy atom. The molecular formula is C30H35Cl2N3O4S. The zero-order chi connectivity index (χ0) is 29.3. The van der Waals surface area contributed by atoms with E-state index in [0.717, 1.165) is 22.7 Å². The van der Waals surface area contributed by atoms with Gasteiger partial charge in [-0.25, -0.2) is 8.42 Å². The predicted octanol–water partition coefficient (Wildman–Crippen LogP) is 6.22. The lowest BCUT2D eigenvalue weighted by Gasteiger charge is -2.33. The second kappa shape index (κ2) is 14.5. The Balaban J connectivity index is 2.05. The molecule has 40 heavy (non-hydrogen) atoms. The van der Waals surface area contributed by atoms with Gasteiger partial charge in [-0.15, -0.1) is 0 Å². The van der Waals surface area contributed by atoms with Gasteiger partial charge in [-0.05, 0) is 61.7 Å². The van der Waals surface area contributed by atoms with Gasteiger partial charge in [0.25, 0.3) is 10.0 Å². The summed E-state index contributed by atoms with van der Waals surface area (Å²) >= 11 is 12.6.